The molecule has 0 bridgehead atoms. The first-order valence-electron chi connectivity index (χ1n) is 9.07. The summed E-state index contributed by atoms with van der Waals surface area (Å²) < 4.78 is 1.16. The summed E-state index contributed by atoms with van der Waals surface area (Å²) in [5.41, 5.74) is 4.48. The molecule has 5 heteroatoms. The second-order valence-corrected chi connectivity index (χ2v) is 7.81. The van der Waals surface area contributed by atoms with E-state index in [0.717, 1.165) is 54.0 Å². The van der Waals surface area contributed by atoms with Gasteiger partial charge in [-0.1, -0.05) is 52.3 Å². The highest BCUT2D eigenvalue weighted by atomic mass is 79.9. The van der Waals surface area contributed by atoms with Crippen molar-refractivity contribution in [3.63, 3.8) is 0 Å². The third kappa shape index (κ3) is 4.93. The number of hydrogen-bond acceptors (Lipinski definition) is 3. The van der Waals surface area contributed by atoms with E-state index in [1.807, 2.05) is 38.1 Å². The van der Waals surface area contributed by atoms with Gasteiger partial charge >= 0.3 is 0 Å². The van der Waals surface area contributed by atoms with Gasteiger partial charge in [0.2, 0.25) is 5.91 Å². The van der Waals surface area contributed by atoms with Gasteiger partial charge < -0.3 is 5.32 Å². The average Bonchev–Trinajstić information content (AvgIpc) is 2.62. The van der Waals surface area contributed by atoms with E-state index in [1.54, 1.807) is 0 Å². The molecular formula is C21H26BrN3O. The SMILES string of the molecule is Cc1cccc(C)c1NC(=O)CN1CCN(Cc2ccccc2Br)CC1. The van der Waals surface area contributed by atoms with E-state index in [4.69, 9.17) is 0 Å². The third-order valence-corrected chi connectivity index (χ3v) is 5.70. The summed E-state index contributed by atoms with van der Waals surface area (Å²) in [5, 5.41) is 3.08. The van der Waals surface area contributed by atoms with Crippen molar-refractivity contribution in [1.29, 1.82) is 0 Å². The van der Waals surface area contributed by atoms with Crippen LogP contribution in [0.3, 0.4) is 0 Å². The number of piperazine rings is 1. The van der Waals surface area contributed by atoms with Crippen molar-refractivity contribution in [3.05, 3.63) is 63.6 Å². The predicted octanol–water partition coefficient (Wildman–Crippen LogP) is 3.82. The van der Waals surface area contributed by atoms with Gasteiger partial charge in [0, 0.05) is 42.9 Å². The molecule has 138 valence electrons. The van der Waals surface area contributed by atoms with Gasteiger partial charge in [-0.3, -0.25) is 14.6 Å². The van der Waals surface area contributed by atoms with E-state index in [2.05, 4.69) is 49.2 Å². The minimum Gasteiger partial charge on any atom is -0.324 e. The van der Waals surface area contributed by atoms with Crippen molar-refractivity contribution in [2.24, 2.45) is 0 Å². The van der Waals surface area contributed by atoms with Crippen LogP contribution >= 0.6 is 15.9 Å². The summed E-state index contributed by atoms with van der Waals surface area (Å²) >= 11 is 3.62. The standard InChI is InChI=1S/C21H26BrN3O/c1-16-6-5-7-17(2)21(16)23-20(26)15-25-12-10-24(11-13-25)14-18-8-3-4-9-19(18)22/h3-9H,10-15H2,1-2H3,(H,23,26). The molecule has 1 saturated heterocycles. The molecule has 0 aromatic heterocycles. The van der Waals surface area contributed by atoms with Gasteiger partial charge in [-0.2, -0.15) is 0 Å². The largest absolute Gasteiger partial charge is 0.324 e. The Labute approximate surface area is 164 Å². The Balaban J connectivity index is 1.48. The highest BCUT2D eigenvalue weighted by Crippen LogP contribution is 2.20. The number of halogens is 1. The molecule has 0 aliphatic carbocycles. The number of amides is 1. The topological polar surface area (TPSA) is 35.6 Å². The van der Waals surface area contributed by atoms with Crippen LogP contribution < -0.4 is 5.32 Å². The Morgan fingerprint density at radius 3 is 2.23 bits per heavy atom. The number of hydrogen-bond donors (Lipinski definition) is 1. The van der Waals surface area contributed by atoms with E-state index < -0.39 is 0 Å². The zero-order chi connectivity index (χ0) is 18.5. The number of benzene rings is 2. The molecule has 0 spiro atoms. The van der Waals surface area contributed by atoms with Crippen molar-refractivity contribution in [1.82, 2.24) is 9.80 Å². The zero-order valence-electron chi connectivity index (χ0n) is 15.5. The fraction of sp³-hybridized carbons (Fsp3) is 0.381. The van der Waals surface area contributed by atoms with Crippen LogP contribution in [0, 0.1) is 13.8 Å². The van der Waals surface area contributed by atoms with Crippen molar-refractivity contribution in [2.75, 3.05) is 38.0 Å². The first kappa shape index (κ1) is 19.1. The Hall–Kier alpha value is -1.69. The van der Waals surface area contributed by atoms with Crippen LogP contribution in [-0.4, -0.2) is 48.4 Å². The first-order valence-corrected chi connectivity index (χ1v) is 9.86. The van der Waals surface area contributed by atoms with E-state index in [0.29, 0.717) is 6.54 Å². The Kier molecular flexibility index (Phi) is 6.46. The fourth-order valence-corrected chi connectivity index (χ4v) is 3.78. The summed E-state index contributed by atoms with van der Waals surface area (Å²) in [4.78, 5) is 17.1. The molecule has 1 amide bonds. The highest BCUT2D eigenvalue weighted by molar-refractivity contribution is 9.10. The number of nitrogens with zero attached hydrogens (tertiary/aromatic N) is 2. The van der Waals surface area contributed by atoms with Crippen molar-refractivity contribution < 1.29 is 4.79 Å². The predicted molar refractivity (Wildman–Crippen MR) is 110 cm³/mol. The van der Waals surface area contributed by atoms with E-state index >= 15 is 0 Å². The molecule has 4 nitrogen and oxygen atoms in total. The van der Waals surface area contributed by atoms with Gasteiger partial charge in [-0.05, 0) is 36.6 Å². The van der Waals surface area contributed by atoms with E-state index in [9.17, 15) is 4.79 Å². The molecule has 1 aliphatic heterocycles. The van der Waals surface area contributed by atoms with Gasteiger partial charge in [-0.25, -0.2) is 0 Å². The summed E-state index contributed by atoms with van der Waals surface area (Å²) in [6, 6.07) is 14.4. The maximum Gasteiger partial charge on any atom is 0.238 e. The van der Waals surface area contributed by atoms with Crippen molar-refractivity contribution in [2.45, 2.75) is 20.4 Å². The molecule has 3 rings (SSSR count). The lowest BCUT2D eigenvalue weighted by molar-refractivity contribution is -0.117. The first-order chi connectivity index (χ1) is 12.5. The fourth-order valence-electron chi connectivity index (χ4n) is 3.37. The maximum atomic E-state index is 12.4. The molecule has 0 atom stereocenters. The van der Waals surface area contributed by atoms with Gasteiger partial charge in [0.15, 0.2) is 0 Å². The van der Waals surface area contributed by atoms with Crippen LogP contribution in [0.5, 0.6) is 0 Å². The van der Waals surface area contributed by atoms with Crippen LogP contribution in [0.15, 0.2) is 46.9 Å². The lowest BCUT2D eigenvalue weighted by Crippen LogP contribution is -2.48. The van der Waals surface area contributed by atoms with Gasteiger partial charge in [0.05, 0.1) is 6.54 Å². The average molecular weight is 416 g/mol. The molecule has 0 radical (unpaired) electrons. The summed E-state index contributed by atoms with van der Waals surface area (Å²) in [7, 11) is 0. The molecule has 0 unspecified atom stereocenters. The number of para-hydroxylation sites is 1. The minimum atomic E-state index is 0.0710. The lowest BCUT2D eigenvalue weighted by Gasteiger charge is -2.34. The Morgan fingerprint density at radius 1 is 0.962 bits per heavy atom. The summed E-state index contributed by atoms with van der Waals surface area (Å²) in [6.07, 6.45) is 0. The number of anilines is 1. The zero-order valence-corrected chi connectivity index (χ0v) is 17.1. The number of carbonyl (C=O) groups excluding carboxylic acids is 1. The highest BCUT2D eigenvalue weighted by Gasteiger charge is 2.20. The molecule has 0 saturated carbocycles. The van der Waals surface area contributed by atoms with Crippen LogP contribution in [0.2, 0.25) is 0 Å². The minimum absolute atomic E-state index is 0.0710. The van der Waals surface area contributed by atoms with Crippen LogP contribution in [0.1, 0.15) is 16.7 Å². The van der Waals surface area contributed by atoms with Crippen LogP contribution in [-0.2, 0) is 11.3 Å². The monoisotopic (exact) mass is 415 g/mol. The number of carbonyl (C=O) groups is 1. The second-order valence-electron chi connectivity index (χ2n) is 6.96. The van der Waals surface area contributed by atoms with Gasteiger partial charge in [0.1, 0.15) is 0 Å². The number of nitrogens with one attached hydrogen (secondary N) is 1. The molecular weight excluding hydrogens is 390 g/mol. The molecule has 1 heterocycles. The van der Waals surface area contributed by atoms with Crippen molar-refractivity contribution >= 4 is 27.5 Å². The molecule has 1 N–H and O–H groups in total. The van der Waals surface area contributed by atoms with Crippen molar-refractivity contribution in [3.8, 4) is 0 Å². The van der Waals surface area contributed by atoms with Crippen LogP contribution in [0.25, 0.3) is 0 Å². The number of rotatable bonds is 5. The molecule has 2 aromatic carbocycles. The smallest absolute Gasteiger partial charge is 0.238 e. The maximum absolute atomic E-state index is 12.4. The van der Waals surface area contributed by atoms with E-state index in [1.165, 1.54) is 5.56 Å². The Morgan fingerprint density at radius 2 is 1.58 bits per heavy atom. The summed E-state index contributed by atoms with van der Waals surface area (Å²) in [6.45, 7) is 9.28. The quantitative estimate of drug-likeness (QED) is 0.805. The second kappa shape index (κ2) is 8.80. The lowest BCUT2D eigenvalue weighted by atomic mass is 10.1. The molecule has 1 aliphatic rings. The molecule has 2 aromatic rings. The van der Waals surface area contributed by atoms with Crippen LogP contribution in [0.4, 0.5) is 5.69 Å². The van der Waals surface area contributed by atoms with Gasteiger partial charge in [-0.15, -0.1) is 0 Å². The van der Waals surface area contributed by atoms with E-state index in [-0.39, 0.29) is 5.91 Å². The summed E-state index contributed by atoms with van der Waals surface area (Å²) in [5.74, 6) is 0.0710. The normalized spacial score (nSPS) is 15.8. The third-order valence-electron chi connectivity index (χ3n) is 4.93. The molecule has 1 fully saturated rings. The Bertz CT molecular complexity index is 749. The molecule has 26 heavy (non-hydrogen) atoms. The number of aryl methyl sites for hydroxylation is 2. The van der Waals surface area contributed by atoms with Gasteiger partial charge in [0.25, 0.3) is 0 Å².